The molecule has 0 atom stereocenters. The molecule has 11 heteroatoms. The first-order chi connectivity index (χ1) is 15.7. The van der Waals surface area contributed by atoms with Crippen molar-refractivity contribution in [3.05, 3.63) is 72.1 Å². The Labute approximate surface area is 190 Å². The number of anilines is 1. The summed E-state index contributed by atoms with van der Waals surface area (Å²) in [7, 11) is 0.919. The molecular weight excluding hydrogens is 446 g/mol. The second-order valence-corrected chi connectivity index (χ2v) is 9.03. The summed E-state index contributed by atoms with van der Waals surface area (Å²) in [5, 5.41) is -0.141. The number of hydrogen-bond donors (Lipinski definition) is 1. The fourth-order valence-corrected chi connectivity index (χ4v) is 4.37. The number of nitrogens with zero attached hydrogens (tertiary/aromatic N) is 4. The van der Waals surface area contributed by atoms with Crippen molar-refractivity contribution in [2.24, 2.45) is 21.1 Å². The van der Waals surface area contributed by atoms with Crippen LogP contribution in [-0.2, 0) is 31.2 Å². The van der Waals surface area contributed by atoms with Crippen LogP contribution in [-0.4, -0.2) is 33.7 Å². The smallest absolute Gasteiger partial charge is 0.328 e. The maximum atomic E-state index is 12.9. The van der Waals surface area contributed by atoms with E-state index in [0.29, 0.717) is 29.1 Å². The monoisotopic (exact) mass is 469 g/mol. The Morgan fingerprint density at radius 1 is 1.09 bits per heavy atom. The highest BCUT2D eigenvalue weighted by Gasteiger charge is 2.22. The zero-order chi connectivity index (χ0) is 23.8. The molecule has 0 saturated heterocycles. The molecule has 0 unspecified atom stereocenters. The summed E-state index contributed by atoms with van der Waals surface area (Å²) in [5.74, 6) is 1.20. The Balaban J connectivity index is 1.81. The van der Waals surface area contributed by atoms with Gasteiger partial charge in [0.1, 0.15) is 18.1 Å². The Morgan fingerprint density at radius 3 is 2.45 bits per heavy atom. The average molecular weight is 470 g/mol. The number of rotatable bonds is 8. The second kappa shape index (κ2) is 8.51. The van der Waals surface area contributed by atoms with E-state index in [0.717, 1.165) is 0 Å². The first kappa shape index (κ1) is 22.2. The van der Waals surface area contributed by atoms with Crippen molar-refractivity contribution in [1.82, 2.24) is 18.7 Å². The molecule has 0 spiro atoms. The van der Waals surface area contributed by atoms with E-state index >= 15 is 0 Å². The third-order valence-electron chi connectivity index (χ3n) is 4.98. The second-order valence-electron chi connectivity index (χ2n) is 7.40. The lowest BCUT2D eigenvalue weighted by atomic mass is 10.2. The van der Waals surface area contributed by atoms with Crippen LogP contribution in [0.1, 0.15) is 0 Å². The minimum atomic E-state index is -4.00. The SMILES string of the molecule is C=CCOc1cccc(Oc2cc3c(cc2NS(=O)(=O)c2cn(C)cn2)n(C)c(=O)n3C)c1. The highest BCUT2D eigenvalue weighted by molar-refractivity contribution is 7.92. The molecule has 0 aliphatic carbocycles. The van der Waals surface area contributed by atoms with Gasteiger partial charge in [0.15, 0.2) is 10.8 Å². The van der Waals surface area contributed by atoms with E-state index in [9.17, 15) is 13.2 Å². The molecule has 4 aromatic rings. The van der Waals surface area contributed by atoms with Crippen LogP contribution in [0.15, 0.2) is 71.4 Å². The number of hydrogen-bond acceptors (Lipinski definition) is 6. The van der Waals surface area contributed by atoms with Crippen LogP contribution in [0.25, 0.3) is 11.0 Å². The molecule has 4 rings (SSSR count). The Hall–Kier alpha value is -3.99. The van der Waals surface area contributed by atoms with Crippen LogP contribution in [0.5, 0.6) is 17.2 Å². The Kier molecular flexibility index (Phi) is 5.73. The molecule has 2 heterocycles. The molecule has 2 aromatic heterocycles. The number of aryl methyl sites for hydroxylation is 3. The van der Waals surface area contributed by atoms with Crippen molar-refractivity contribution in [2.75, 3.05) is 11.3 Å². The van der Waals surface area contributed by atoms with Gasteiger partial charge in [-0.1, -0.05) is 18.7 Å². The van der Waals surface area contributed by atoms with E-state index < -0.39 is 10.0 Å². The Morgan fingerprint density at radius 2 is 1.79 bits per heavy atom. The largest absolute Gasteiger partial charge is 0.489 e. The number of fused-ring (bicyclic) bond motifs is 1. The summed E-state index contributed by atoms with van der Waals surface area (Å²) in [6.45, 7) is 3.96. The summed E-state index contributed by atoms with van der Waals surface area (Å²) in [4.78, 5) is 16.4. The zero-order valence-electron chi connectivity index (χ0n) is 18.3. The van der Waals surface area contributed by atoms with Crippen molar-refractivity contribution in [2.45, 2.75) is 5.03 Å². The van der Waals surface area contributed by atoms with Crippen LogP contribution in [0.4, 0.5) is 5.69 Å². The van der Waals surface area contributed by atoms with Crippen molar-refractivity contribution in [1.29, 1.82) is 0 Å². The van der Waals surface area contributed by atoms with E-state index in [1.807, 2.05) is 0 Å². The van der Waals surface area contributed by atoms with Gasteiger partial charge in [-0.2, -0.15) is 8.42 Å². The van der Waals surface area contributed by atoms with Crippen molar-refractivity contribution in [3.63, 3.8) is 0 Å². The van der Waals surface area contributed by atoms with E-state index in [4.69, 9.17) is 9.47 Å². The standard InChI is InChI=1S/C22H23N5O5S/c1-5-9-31-15-7-6-8-16(10-15)32-20-12-19-18(26(3)22(28)27(19)4)11-17(20)24-33(29,30)21-13-25(2)14-23-21/h5-8,10-14,24H,1,9H2,2-4H3. The summed E-state index contributed by atoms with van der Waals surface area (Å²) in [6, 6.07) is 10.1. The molecule has 33 heavy (non-hydrogen) atoms. The van der Waals surface area contributed by atoms with Crippen LogP contribution in [0, 0.1) is 0 Å². The number of imidazole rings is 2. The number of benzene rings is 2. The molecular formula is C22H23N5O5S. The maximum absolute atomic E-state index is 12.9. The molecule has 10 nitrogen and oxygen atoms in total. The molecule has 0 saturated carbocycles. The van der Waals surface area contributed by atoms with Gasteiger partial charge in [-0.05, 0) is 18.2 Å². The Bertz CT molecular complexity index is 1510. The van der Waals surface area contributed by atoms with Crippen LogP contribution < -0.4 is 19.9 Å². The fourth-order valence-electron chi connectivity index (χ4n) is 3.32. The molecule has 172 valence electrons. The van der Waals surface area contributed by atoms with Crippen LogP contribution in [0.2, 0.25) is 0 Å². The van der Waals surface area contributed by atoms with E-state index in [1.165, 1.54) is 26.2 Å². The molecule has 0 aliphatic rings. The first-order valence-corrected chi connectivity index (χ1v) is 11.4. The third-order valence-corrected chi connectivity index (χ3v) is 6.23. The first-order valence-electron chi connectivity index (χ1n) is 9.91. The molecule has 1 N–H and O–H groups in total. The van der Waals surface area contributed by atoms with Gasteiger partial charge < -0.3 is 14.0 Å². The number of aromatic nitrogens is 4. The average Bonchev–Trinajstić information content (AvgIpc) is 3.31. The highest BCUT2D eigenvalue weighted by Crippen LogP contribution is 2.35. The van der Waals surface area contributed by atoms with Crippen molar-refractivity contribution < 1.29 is 17.9 Å². The number of sulfonamides is 1. The van der Waals surface area contributed by atoms with E-state index in [2.05, 4.69) is 16.3 Å². The van der Waals surface area contributed by atoms with Gasteiger partial charge in [0.25, 0.3) is 10.0 Å². The normalized spacial score (nSPS) is 11.5. The zero-order valence-corrected chi connectivity index (χ0v) is 19.2. The summed E-state index contributed by atoms with van der Waals surface area (Å²) in [6.07, 6.45) is 4.41. The third kappa shape index (κ3) is 4.35. The van der Waals surface area contributed by atoms with Gasteiger partial charge >= 0.3 is 5.69 Å². The number of nitrogens with one attached hydrogen (secondary N) is 1. The quantitative estimate of drug-likeness (QED) is 0.398. The van der Waals surface area contributed by atoms with Crippen LogP contribution >= 0.6 is 0 Å². The lowest BCUT2D eigenvalue weighted by molar-refractivity contribution is 0.360. The predicted molar refractivity (Wildman–Crippen MR) is 124 cm³/mol. The number of ether oxygens (including phenoxy) is 2. The van der Waals surface area contributed by atoms with Gasteiger partial charge in [-0.15, -0.1) is 0 Å². The summed E-state index contributed by atoms with van der Waals surface area (Å²) in [5.41, 5.74) is 1.03. The van der Waals surface area contributed by atoms with Gasteiger partial charge in [0.05, 0.1) is 23.0 Å². The lowest BCUT2D eigenvalue weighted by Gasteiger charge is -2.14. The van der Waals surface area contributed by atoms with Crippen LogP contribution in [0.3, 0.4) is 0 Å². The highest BCUT2D eigenvalue weighted by atomic mass is 32.2. The summed E-state index contributed by atoms with van der Waals surface area (Å²) >= 11 is 0. The predicted octanol–water partition coefficient (Wildman–Crippen LogP) is 2.77. The molecule has 0 bridgehead atoms. The van der Waals surface area contributed by atoms with Gasteiger partial charge in [0, 0.05) is 39.5 Å². The molecule has 0 fully saturated rings. The minimum absolute atomic E-state index is 0.141. The van der Waals surface area contributed by atoms with Gasteiger partial charge in [0.2, 0.25) is 0 Å². The van der Waals surface area contributed by atoms with Gasteiger partial charge in [-0.3, -0.25) is 13.9 Å². The van der Waals surface area contributed by atoms with Crippen molar-refractivity contribution >= 4 is 26.7 Å². The fraction of sp³-hybridized carbons (Fsp3) is 0.182. The molecule has 0 aliphatic heterocycles. The lowest BCUT2D eigenvalue weighted by Crippen LogP contribution is -2.19. The summed E-state index contributed by atoms with van der Waals surface area (Å²) < 4.78 is 44.4. The molecule has 2 aromatic carbocycles. The molecule has 0 amide bonds. The van der Waals surface area contributed by atoms with E-state index in [1.54, 1.807) is 63.6 Å². The van der Waals surface area contributed by atoms with Gasteiger partial charge in [-0.25, -0.2) is 9.78 Å². The topological polar surface area (TPSA) is 109 Å². The molecule has 0 radical (unpaired) electrons. The minimum Gasteiger partial charge on any atom is -0.489 e. The van der Waals surface area contributed by atoms with Crippen molar-refractivity contribution in [3.8, 4) is 17.2 Å². The van der Waals surface area contributed by atoms with E-state index in [-0.39, 0.29) is 22.2 Å². The maximum Gasteiger partial charge on any atom is 0.328 e.